The number of aliphatic hydroxyl groups is 1. The topological polar surface area (TPSA) is 153 Å². The number of ketones is 1. The van der Waals surface area contributed by atoms with E-state index in [1.165, 1.54) is 36.4 Å². The Morgan fingerprint density at radius 1 is 0.889 bits per heavy atom. The average Bonchev–Trinajstić information content (AvgIpc) is 2.96. The zero-order chi connectivity index (χ0) is 19.7. The number of carbonyl (C=O) groups excluding carboxylic acids is 2. The molecule has 1 aliphatic rings. The van der Waals surface area contributed by atoms with Crippen molar-refractivity contribution in [2.75, 3.05) is 0 Å². The first-order valence-electron chi connectivity index (χ1n) is 7.57. The molecule has 1 saturated heterocycles. The predicted molar refractivity (Wildman–Crippen MR) is 91.6 cm³/mol. The number of nitrogens with one attached hydrogen (secondary N) is 1. The summed E-state index contributed by atoms with van der Waals surface area (Å²) in [4.78, 5) is 44.3. The monoisotopic (exact) mass is 369 g/mol. The first kappa shape index (κ1) is 17.7. The predicted octanol–water partition coefficient (Wildman–Crippen LogP) is 2.21. The zero-order valence-electron chi connectivity index (χ0n) is 13.5. The molecule has 0 bridgehead atoms. The van der Waals surface area contributed by atoms with Crippen LogP contribution in [0.25, 0.3) is 5.76 Å². The number of hydrogen-bond donors (Lipinski definition) is 2. The maximum Gasteiger partial charge on any atom is 0.293 e. The molecule has 1 aliphatic heterocycles. The Morgan fingerprint density at radius 2 is 1.37 bits per heavy atom. The van der Waals surface area contributed by atoms with Gasteiger partial charge in [0, 0.05) is 29.8 Å². The van der Waals surface area contributed by atoms with E-state index in [0.29, 0.717) is 5.56 Å². The summed E-state index contributed by atoms with van der Waals surface area (Å²) in [5, 5.41) is 34.4. The minimum absolute atomic E-state index is 0.118. The van der Waals surface area contributed by atoms with Gasteiger partial charge in [-0.2, -0.15) is 0 Å². The van der Waals surface area contributed by atoms with Crippen LogP contribution in [0.1, 0.15) is 17.2 Å². The molecule has 1 amide bonds. The Bertz CT molecular complexity index is 994. The standard InChI is InChI=1S/C17H11N3O7/c21-15(10-3-7-12(8-4-10)20(26)27)13-14(18-17(23)16(13)22)9-1-5-11(6-2-9)19(24)25/h1-8,14,21H,(H,18,23)/t14-/m0/s1. The molecule has 2 aromatic carbocycles. The van der Waals surface area contributed by atoms with Gasteiger partial charge in [0.25, 0.3) is 23.1 Å². The lowest BCUT2D eigenvalue weighted by atomic mass is 9.95. The van der Waals surface area contributed by atoms with E-state index in [4.69, 9.17) is 0 Å². The van der Waals surface area contributed by atoms with Crippen LogP contribution >= 0.6 is 0 Å². The second kappa shape index (κ2) is 6.67. The molecular weight excluding hydrogens is 358 g/mol. The van der Waals surface area contributed by atoms with Crippen LogP contribution in [0.2, 0.25) is 0 Å². The molecule has 10 heteroatoms. The van der Waals surface area contributed by atoms with E-state index in [1.807, 2.05) is 0 Å². The lowest BCUT2D eigenvalue weighted by molar-refractivity contribution is -0.385. The van der Waals surface area contributed by atoms with Crippen molar-refractivity contribution in [2.45, 2.75) is 6.04 Å². The second-order valence-electron chi connectivity index (χ2n) is 5.65. The normalized spacial score (nSPS) is 18.1. The highest BCUT2D eigenvalue weighted by molar-refractivity contribution is 6.46. The van der Waals surface area contributed by atoms with Crippen LogP contribution < -0.4 is 5.32 Å². The number of nitro benzene ring substituents is 2. The van der Waals surface area contributed by atoms with Gasteiger partial charge in [0.1, 0.15) is 5.76 Å². The summed E-state index contributed by atoms with van der Waals surface area (Å²) in [5.41, 5.74) is -0.117. The van der Waals surface area contributed by atoms with Gasteiger partial charge in [-0.1, -0.05) is 0 Å². The minimum atomic E-state index is -0.999. The zero-order valence-corrected chi connectivity index (χ0v) is 13.5. The van der Waals surface area contributed by atoms with Crippen molar-refractivity contribution in [3.63, 3.8) is 0 Å². The van der Waals surface area contributed by atoms with Crippen LogP contribution in [0.4, 0.5) is 11.4 Å². The number of hydrogen-bond acceptors (Lipinski definition) is 7. The molecule has 3 rings (SSSR count). The molecule has 0 saturated carbocycles. The van der Waals surface area contributed by atoms with E-state index in [-0.39, 0.29) is 22.5 Å². The van der Waals surface area contributed by atoms with Gasteiger partial charge in [0.2, 0.25) is 0 Å². The minimum Gasteiger partial charge on any atom is -0.507 e. The van der Waals surface area contributed by atoms with Crippen LogP contribution in [0.3, 0.4) is 0 Å². The number of carbonyl (C=O) groups is 2. The summed E-state index contributed by atoms with van der Waals surface area (Å²) < 4.78 is 0. The van der Waals surface area contributed by atoms with E-state index in [9.17, 15) is 34.9 Å². The van der Waals surface area contributed by atoms with Crippen molar-refractivity contribution < 1.29 is 24.5 Å². The van der Waals surface area contributed by atoms with Crippen molar-refractivity contribution in [1.29, 1.82) is 0 Å². The van der Waals surface area contributed by atoms with Gasteiger partial charge >= 0.3 is 0 Å². The molecule has 0 spiro atoms. The lowest BCUT2D eigenvalue weighted by Gasteiger charge is -2.13. The molecule has 2 N–H and O–H groups in total. The quantitative estimate of drug-likeness (QED) is 0.275. The fraction of sp³-hybridized carbons (Fsp3) is 0.0588. The number of rotatable bonds is 4. The van der Waals surface area contributed by atoms with Crippen LogP contribution in [-0.4, -0.2) is 26.6 Å². The first-order valence-corrected chi connectivity index (χ1v) is 7.57. The fourth-order valence-corrected chi connectivity index (χ4v) is 2.70. The Balaban J connectivity index is 2.05. The van der Waals surface area contributed by atoms with Gasteiger partial charge in [-0.25, -0.2) is 0 Å². The summed E-state index contributed by atoms with van der Waals surface area (Å²) in [7, 11) is 0. The number of amides is 1. The third-order valence-corrected chi connectivity index (χ3v) is 4.06. The second-order valence-corrected chi connectivity index (χ2v) is 5.65. The number of benzene rings is 2. The van der Waals surface area contributed by atoms with Crippen molar-refractivity contribution in [1.82, 2.24) is 5.32 Å². The number of non-ortho nitro benzene ring substituents is 2. The van der Waals surface area contributed by atoms with E-state index >= 15 is 0 Å². The molecule has 1 atom stereocenters. The van der Waals surface area contributed by atoms with Gasteiger partial charge in [0.15, 0.2) is 0 Å². The summed E-state index contributed by atoms with van der Waals surface area (Å²) in [6.45, 7) is 0. The van der Waals surface area contributed by atoms with Crippen molar-refractivity contribution in [2.24, 2.45) is 0 Å². The molecule has 0 radical (unpaired) electrons. The highest BCUT2D eigenvalue weighted by Gasteiger charge is 2.39. The van der Waals surface area contributed by atoms with Gasteiger partial charge in [0.05, 0.1) is 21.5 Å². The Morgan fingerprint density at radius 3 is 1.85 bits per heavy atom. The lowest BCUT2D eigenvalue weighted by Crippen LogP contribution is -2.21. The summed E-state index contributed by atoms with van der Waals surface area (Å²) in [6, 6.07) is 8.97. The van der Waals surface area contributed by atoms with Crippen LogP contribution in [0, 0.1) is 20.2 Å². The largest absolute Gasteiger partial charge is 0.507 e. The summed E-state index contributed by atoms with van der Waals surface area (Å²) >= 11 is 0. The average molecular weight is 369 g/mol. The van der Waals surface area contributed by atoms with Crippen LogP contribution in [-0.2, 0) is 9.59 Å². The molecule has 2 aromatic rings. The van der Waals surface area contributed by atoms with Crippen molar-refractivity contribution >= 4 is 28.8 Å². The Labute approximate surface area is 151 Å². The van der Waals surface area contributed by atoms with E-state index in [2.05, 4.69) is 5.32 Å². The molecule has 1 fully saturated rings. The number of aliphatic hydroxyl groups excluding tert-OH is 1. The Hall–Kier alpha value is -4.08. The molecule has 0 aromatic heterocycles. The number of nitrogens with zero attached hydrogens (tertiary/aromatic N) is 2. The third-order valence-electron chi connectivity index (χ3n) is 4.06. The van der Waals surface area contributed by atoms with Crippen LogP contribution in [0.15, 0.2) is 54.1 Å². The molecule has 0 aliphatic carbocycles. The highest BCUT2D eigenvalue weighted by atomic mass is 16.6. The summed E-state index contributed by atoms with van der Waals surface area (Å²) in [5.74, 6) is -2.38. The van der Waals surface area contributed by atoms with E-state index < -0.39 is 33.3 Å². The fourth-order valence-electron chi connectivity index (χ4n) is 2.70. The first-order chi connectivity index (χ1) is 12.8. The Kier molecular flexibility index (Phi) is 4.38. The van der Waals surface area contributed by atoms with E-state index in [0.717, 1.165) is 12.1 Å². The smallest absolute Gasteiger partial charge is 0.293 e. The summed E-state index contributed by atoms with van der Waals surface area (Å²) in [6.07, 6.45) is 0. The van der Waals surface area contributed by atoms with Gasteiger partial charge < -0.3 is 10.4 Å². The molecule has 136 valence electrons. The van der Waals surface area contributed by atoms with E-state index in [1.54, 1.807) is 0 Å². The van der Waals surface area contributed by atoms with Gasteiger partial charge in [-0.15, -0.1) is 0 Å². The van der Waals surface area contributed by atoms with Gasteiger partial charge in [-0.3, -0.25) is 29.8 Å². The maximum absolute atomic E-state index is 12.2. The van der Waals surface area contributed by atoms with Crippen LogP contribution in [0.5, 0.6) is 0 Å². The molecule has 1 heterocycles. The van der Waals surface area contributed by atoms with Crippen molar-refractivity contribution in [3.8, 4) is 0 Å². The third kappa shape index (κ3) is 3.23. The molecule has 10 nitrogen and oxygen atoms in total. The molecular formula is C17H11N3O7. The SMILES string of the molecule is O=C1N[C@@H](c2ccc([N+](=O)[O-])cc2)C(=C(O)c2ccc([N+](=O)[O-])cc2)C1=O. The number of nitro groups is 2. The highest BCUT2D eigenvalue weighted by Crippen LogP contribution is 2.33. The molecule has 27 heavy (non-hydrogen) atoms. The molecule has 0 unspecified atom stereocenters. The maximum atomic E-state index is 12.2. The van der Waals surface area contributed by atoms with Gasteiger partial charge in [-0.05, 0) is 29.8 Å². The van der Waals surface area contributed by atoms with Crippen molar-refractivity contribution in [3.05, 3.63) is 85.5 Å². The number of Topliss-reactive ketones (excluding diaryl/α,β-unsaturated/α-hetero) is 1.